The lowest BCUT2D eigenvalue weighted by Gasteiger charge is -2.33. The summed E-state index contributed by atoms with van der Waals surface area (Å²) in [7, 11) is -3.36. The van der Waals surface area contributed by atoms with E-state index in [1.165, 1.54) is 11.3 Å². The third kappa shape index (κ3) is 3.52. The molecule has 7 nitrogen and oxygen atoms in total. The first-order chi connectivity index (χ1) is 11.5. The van der Waals surface area contributed by atoms with Gasteiger partial charge in [0, 0.05) is 32.7 Å². The molecule has 0 unspecified atom stereocenters. The van der Waals surface area contributed by atoms with E-state index in [4.69, 9.17) is 12.2 Å². The molecule has 0 radical (unpaired) electrons. The van der Waals surface area contributed by atoms with Gasteiger partial charge in [0.2, 0.25) is 0 Å². The first-order valence-corrected chi connectivity index (χ1v) is 10.2. The zero-order chi connectivity index (χ0) is 17.2. The lowest BCUT2D eigenvalue weighted by atomic mass is 10.4. The molecule has 0 atom stereocenters. The van der Waals surface area contributed by atoms with Crippen LogP contribution in [0.2, 0.25) is 0 Å². The highest BCUT2D eigenvalue weighted by atomic mass is 32.2. The van der Waals surface area contributed by atoms with Crippen molar-refractivity contribution in [3.63, 3.8) is 0 Å². The van der Waals surface area contributed by atoms with E-state index in [-0.39, 0.29) is 0 Å². The van der Waals surface area contributed by atoms with Crippen molar-refractivity contribution in [2.45, 2.75) is 17.4 Å². The van der Waals surface area contributed by atoms with Crippen molar-refractivity contribution in [2.24, 2.45) is 0 Å². The molecule has 0 bridgehead atoms. The summed E-state index contributed by atoms with van der Waals surface area (Å²) in [5.74, 6) is 0. The van der Waals surface area contributed by atoms with Gasteiger partial charge in [-0.1, -0.05) is 12.1 Å². The summed E-state index contributed by atoms with van der Waals surface area (Å²) in [5, 5.41) is 6.07. The topological polar surface area (TPSA) is 63.4 Å². The van der Waals surface area contributed by atoms with Crippen LogP contribution in [0.15, 0.2) is 40.7 Å². The van der Waals surface area contributed by atoms with Crippen LogP contribution < -0.4 is 0 Å². The molecule has 1 saturated heterocycles. The summed E-state index contributed by atoms with van der Waals surface area (Å²) in [4.78, 5) is 2.15. The van der Waals surface area contributed by atoms with E-state index in [0.29, 0.717) is 48.4 Å². The number of nitrogens with zero attached hydrogens (tertiary/aromatic N) is 5. The van der Waals surface area contributed by atoms with Crippen LogP contribution in [-0.4, -0.2) is 58.1 Å². The van der Waals surface area contributed by atoms with Gasteiger partial charge >= 0.3 is 0 Å². The SMILES string of the molecule is C=CCn1cnn(CN2CCN(S(=O)(=O)c3cccs3)CC2)c1=S. The molecule has 3 rings (SSSR count). The van der Waals surface area contributed by atoms with E-state index in [9.17, 15) is 8.42 Å². The number of hydrogen-bond acceptors (Lipinski definition) is 6. The van der Waals surface area contributed by atoms with Gasteiger partial charge in [-0.25, -0.2) is 13.1 Å². The molecule has 2 aromatic rings. The fraction of sp³-hybridized carbons (Fsp3) is 0.429. The second kappa shape index (κ2) is 7.28. The number of piperazine rings is 1. The Kier molecular flexibility index (Phi) is 5.30. The number of allylic oxidation sites excluding steroid dienone is 1. The van der Waals surface area contributed by atoms with Crippen LogP contribution in [0.3, 0.4) is 0 Å². The average Bonchev–Trinajstić information content (AvgIpc) is 3.22. The molecule has 24 heavy (non-hydrogen) atoms. The molecule has 0 aromatic carbocycles. The third-order valence-corrected chi connectivity index (χ3v) is 7.59. The second-order valence-corrected chi connectivity index (χ2v) is 8.93. The molecule has 1 aliphatic heterocycles. The first-order valence-electron chi connectivity index (χ1n) is 7.51. The van der Waals surface area contributed by atoms with Crippen LogP contribution in [0.5, 0.6) is 0 Å². The maximum Gasteiger partial charge on any atom is 0.252 e. The van der Waals surface area contributed by atoms with Gasteiger partial charge in [-0.05, 0) is 23.7 Å². The number of thiophene rings is 1. The lowest BCUT2D eigenvalue weighted by molar-refractivity contribution is 0.144. The maximum atomic E-state index is 12.5. The standard InChI is InChI=1S/C14H19N5O2S3/c1-2-5-17-11-15-19(14(17)22)12-16-6-8-18(9-7-16)24(20,21)13-4-3-10-23-13/h2-4,10-11H,1,5-9,12H2. The molecule has 1 aliphatic rings. The van der Waals surface area contributed by atoms with Crippen LogP contribution in [0.25, 0.3) is 0 Å². The monoisotopic (exact) mass is 385 g/mol. The Morgan fingerprint density at radius 3 is 2.71 bits per heavy atom. The van der Waals surface area contributed by atoms with Gasteiger partial charge in [-0.2, -0.15) is 9.40 Å². The number of sulfonamides is 1. The molecule has 3 heterocycles. The van der Waals surface area contributed by atoms with E-state index in [2.05, 4.69) is 16.6 Å². The lowest BCUT2D eigenvalue weighted by Crippen LogP contribution is -2.48. The van der Waals surface area contributed by atoms with Crippen molar-refractivity contribution in [2.75, 3.05) is 26.2 Å². The quantitative estimate of drug-likeness (QED) is 0.559. The average molecular weight is 386 g/mol. The molecule has 0 spiro atoms. The molecule has 1 fully saturated rings. The normalized spacial score (nSPS) is 17.2. The highest BCUT2D eigenvalue weighted by Gasteiger charge is 2.29. The molecule has 10 heteroatoms. The molecule has 0 N–H and O–H groups in total. The van der Waals surface area contributed by atoms with E-state index in [0.717, 1.165) is 0 Å². The minimum Gasteiger partial charge on any atom is -0.303 e. The second-order valence-electron chi connectivity index (χ2n) is 5.45. The van der Waals surface area contributed by atoms with Crippen molar-refractivity contribution >= 4 is 33.6 Å². The minimum absolute atomic E-state index is 0.404. The van der Waals surface area contributed by atoms with E-state index in [1.807, 2.05) is 4.57 Å². The summed E-state index contributed by atoms with van der Waals surface area (Å²) in [5.41, 5.74) is 0. The van der Waals surface area contributed by atoms with Crippen LogP contribution in [0.4, 0.5) is 0 Å². The zero-order valence-electron chi connectivity index (χ0n) is 13.1. The Morgan fingerprint density at radius 1 is 1.33 bits per heavy atom. The van der Waals surface area contributed by atoms with Crippen molar-refractivity contribution in [3.05, 3.63) is 41.3 Å². The van der Waals surface area contributed by atoms with E-state index < -0.39 is 10.0 Å². The van der Waals surface area contributed by atoms with Crippen molar-refractivity contribution < 1.29 is 8.42 Å². The Hall–Kier alpha value is -1.33. The fourth-order valence-corrected chi connectivity index (χ4v) is 5.36. The largest absolute Gasteiger partial charge is 0.303 e. The van der Waals surface area contributed by atoms with Gasteiger partial charge < -0.3 is 4.57 Å². The maximum absolute atomic E-state index is 12.5. The predicted octanol–water partition coefficient (Wildman–Crippen LogP) is 1.63. The molecule has 130 valence electrons. The minimum atomic E-state index is -3.36. The molecule has 0 aliphatic carbocycles. The molecular formula is C14H19N5O2S3. The van der Waals surface area contributed by atoms with Crippen molar-refractivity contribution in [1.29, 1.82) is 0 Å². The van der Waals surface area contributed by atoms with Crippen LogP contribution in [0, 0.1) is 4.77 Å². The summed E-state index contributed by atoms with van der Waals surface area (Å²) in [6.45, 7) is 7.15. The van der Waals surface area contributed by atoms with Crippen molar-refractivity contribution in [1.82, 2.24) is 23.6 Å². The van der Waals surface area contributed by atoms with Crippen molar-refractivity contribution in [3.8, 4) is 0 Å². The summed E-state index contributed by atoms with van der Waals surface area (Å²) < 4.78 is 31.2. The van der Waals surface area contributed by atoms with Crippen LogP contribution >= 0.6 is 23.6 Å². The van der Waals surface area contributed by atoms with E-state index in [1.54, 1.807) is 38.9 Å². The van der Waals surface area contributed by atoms with Gasteiger partial charge in [0.05, 0.1) is 6.67 Å². The highest BCUT2D eigenvalue weighted by molar-refractivity contribution is 7.91. The first kappa shape index (κ1) is 17.5. The third-order valence-electron chi connectivity index (χ3n) is 3.88. The highest BCUT2D eigenvalue weighted by Crippen LogP contribution is 2.22. The predicted molar refractivity (Wildman–Crippen MR) is 95.9 cm³/mol. The van der Waals surface area contributed by atoms with Crippen LogP contribution in [-0.2, 0) is 23.2 Å². The Bertz CT molecular complexity index is 845. The summed E-state index contributed by atoms with van der Waals surface area (Å²) in [6.07, 6.45) is 3.47. The Labute approximate surface area is 150 Å². The number of rotatable bonds is 6. The Balaban J connectivity index is 1.62. The summed E-state index contributed by atoms with van der Waals surface area (Å²) >= 11 is 6.63. The molecule has 2 aromatic heterocycles. The van der Waals surface area contributed by atoms with Gasteiger partial charge in [-0.15, -0.1) is 17.9 Å². The zero-order valence-corrected chi connectivity index (χ0v) is 15.6. The van der Waals surface area contributed by atoms with Gasteiger partial charge in [0.25, 0.3) is 10.0 Å². The number of aromatic nitrogens is 3. The molecule has 0 saturated carbocycles. The van der Waals surface area contributed by atoms with Gasteiger partial charge in [0.1, 0.15) is 10.5 Å². The number of hydrogen-bond donors (Lipinski definition) is 0. The van der Waals surface area contributed by atoms with Crippen LogP contribution in [0.1, 0.15) is 0 Å². The van der Waals surface area contributed by atoms with Gasteiger partial charge in [-0.3, -0.25) is 4.90 Å². The smallest absolute Gasteiger partial charge is 0.252 e. The summed E-state index contributed by atoms with van der Waals surface area (Å²) in [6, 6.07) is 3.41. The molecular weight excluding hydrogens is 366 g/mol. The Morgan fingerprint density at radius 2 is 2.08 bits per heavy atom. The molecule has 0 amide bonds. The fourth-order valence-electron chi connectivity index (χ4n) is 2.57. The van der Waals surface area contributed by atoms with E-state index >= 15 is 0 Å². The van der Waals surface area contributed by atoms with Gasteiger partial charge in [0.15, 0.2) is 4.77 Å².